The summed E-state index contributed by atoms with van der Waals surface area (Å²) in [4.78, 5) is 10.5. The van der Waals surface area contributed by atoms with Crippen molar-refractivity contribution in [1.29, 1.82) is 5.26 Å². The van der Waals surface area contributed by atoms with Crippen molar-refractivity contribution in [2.24, 2.45) is 7.05 Å². The Morgan fingerprint density at radius 2 is 2.03 bits per heavy atom. The Bertz CT molecular complexity index is 1270. The number of nitriles is 1. The van der Waals surface area contributed by atoms with Gasteiger partial charge >= 0.3 is 0 Å². The van der Waals surface area contributed by atoms with E-state index in [1.807, 2.05) is 11.8 Å². The first-order valence-corrected chi connectivity index (χ1v) is 10.1. The molecule has 0 unspecified atom stereocenters. The molecule has 11 heteroatoms. The van der Waals surface area contributed by atoms with Gasteiger partial charge in [0.05, 0.1) is 24.0 Å². The summed E-state index contributed by atoms with van der Waals surface area (Å²) in [6, 6.07) is 4.88. The Labute approximate surface area is 182 Å². The number of H-pyrrole nitrogens is 1. The lowest BCUT2D eigenvalue weighted by Crippen LogP contribution is -2.31. The lowest BCUT2D eigenvalue weighted by atomic mass is 10.0. The molecule has 4 aromatic rings. The highest BCUT2D eigenvalue weighted by atomic mass is 19.2. The third-order valence-corrected chi connectivity index (χ3v) is 5.05. The van der Waals surface area contributed by atoms with Crippen LogP contribution in [0.3, 0.4) is 0 Å². The number of halogens is 2. The van der Waals surface area contributed by atoms with E-state index < -0.39 is 0 Å². The molecule has 0 bridgehead atoms. The van der Waals surface area contributed by atoms with Crippen LogP contribution >= 0.6 is 0 Å². The molecule has 0 atom stereocenters. The molecule has 9 nitrogen and oxygen atoms in total. The zero-order valence-electron chi connectivity index (χ0n) is 17.6. The first-order chi connectivity index (χ1) is 15.5. The van der Waals surface area contributed by atoms with Gasteiger partial charge in [0.1, 0.15) is 23.7 Å². The van der Waals surface area contributed by atoms with Crippen LogP contribution in [0.5, 0.6) is 0 Å². The number of hydrogen-bond acceptors (Lipinski definition) is 7. The standard InChI is InChI=1S/C21H21F2N9/c1-3-4-31(5-6-32(23)12-24)20-9-19(25-13-26-20)21-16-7-15(14-10-27-30(2)11-14)17(22)8-18(16)28-29-21/h7-11,13H,3-6H2,1-2H3,(H,28,29). The minimum absolute atomic E-state index is 0.0745. The van der Waals surface area contributed by atoms with E-state index in [1.165, 1.54) is 18.6 Å². The van der Waals surface area contributed by atoms with Crippen LogP contribution in [0.15, 0.2) is 36.9 Å². The quantitative estimate of drug-likeness (QED) is 0.256. The summed E-state index contributed by atoms with van der Waals surface area (Å²) in [5, 5.41) is 20.8. The predicted molar refractivity (Wildman–Crippen MR) is 115 cm³/mol. The number of fused-ring (bicyclic) bond motifs is 1. The zero-order chi connectivity index (χ0) is 22.7. The molecule has 32 heavy (non-hydrogen) atoms. The van der Waals surface area contributed by atoms with E-state index in [0.29, 0.717) is 45.8 Å². The highest BCUT2D eigenvalue weighted by molar-refractivity contribution is 5.95. The van der Waals surface area contributed by atoms with Crippen molar-refractivity contribution in [2.75, 3.05) is 24.5 Å². The maximum Gasteiger partial charge on any atom is 0.210 e. The number of anilines is 1. The van der Waals surface area contributed by atoms with E-state index in [9.17, 15) is 8.87 Å². The van der Waals surface area contributed by atoms with Gasteiger partial charge in [-0.2, -0.15) is 15.5 Å². The zero-order valence-corrected chi connectivity index (χ0v) is 17.6. The van der Waals surface area contributed by atoms with Crippen molar-refractivity contribution >= 4 is 16.7 Å². The van der Waals surface area contributed by atoms with Crippen LogP contribution in [0.2, 0.25) is 0 Å². The van der Waals surface area contributed by atoms with Gasteiger partial charge in [-0.1, -0.05) is 11.4 Å². The van der Waals surface area contributed by atoms with Crippen molar-refractivity contribution in [3.8, 4) is 28.7 Å². The van der Waals surface area contributed by atoms with Gasteiger partial charge in [0.15, 0.2) is 0 Å². The Morgan fingerprint density at radius 1 is 1.19 bits per heavy atom. The average Bonchev–Trinajstić information content (AvgIpc) is 3.41. The molecule has 0 aliphatic carbocycles. The van der Waals surface area contributed by atoms with Crippen LogP contribution in [0.25, 0.3) is 33.4 Å². The first-order valence-electron chi connectivity index (χ1n) is 10.1. The summed E-state index contributed by atoms with van der Waals surface area (Å²) in [5.74, 6) is 0.209. The molecule has 0 radical (unpaired) electrons. The van der Waals surface area contributed by atoms with Gasteiger partial charge in [-0.15, -0.1) is 5.12 Å². The molecule has 164 valence electrons. The molecule has 0 amide bonds. The molecule has 1 N–H and O–H groups in total. The van der Waals surface area contributed by atoms with Crippen LogP contribution in [0.4, 0.5) is 14.7 Å². The van der Waals surface area contributed by atoms with Gasteiger partial charge in [0.2, 0.25) is 6.19 Å². The largest absolute Gasteiger partial charge is 0.355 e. The molecular formula is C21H21F2N9. The summed E-state index contributed by atoms with van der Waals surface area (Å²) in [5.41, 5.74) is 2.70. The van der Waals surface area contributed by atoms with Crippen molar-refractivity contribution in [3.05, 3.63) is 42.7 Å². The molecule has 0 aliphatic rings. The van der Waals surface area contributed by atoms with Gasteiger partial charge in [0.25, 0.3) is 0 Å². The number of benzene rings is 1. The molecule has 4 rings (SSSR count). The Hall–Kier alpha value is -4.07. The summed E-state index contributed by atoms with van der Waals surface area (Å²) in [7, 11) is 1.77. The van der Waals surface area contributed by atoms with Gasteiger partial charge in [0, 0.05) is 55.0 Å². The Balaban J connectivity index is 1.72. The van der Waals surface area contributed by atoms with Crippen molar-refractivity contribution in [1.82, 2.24) is 35.1 Å². The fraction of sp³-hybridized carbons (Fsp3) is 0.286. The first kappa shape index (κ1) is 21.2. The molecule has 0 aliphatic heterocycles. The normalized spacial score (nSPS) is 11.0. The van der Waals surface area contributed by atoms with E-state index >= 15 is 0 Å². The second-order valence-electron chi connectivity index (χ2n) is 7.29. The molecule has 0 spiro atoms. The third-order valence-electron chi connectivity index (χ3n) is 5.05. The van der Waals surface area contributed by atoms with Crippen LogP contribution in [0.1, 0.15) is 13.3 Å². The molecule has 0 fully saturated rings. The van der Waals surface area contributed by atoms with Crippen LogP contribution in [-0.2, 0) is 7.05 Å². The second-order valence-corrected chi connectivity index (χ2v) is 7.29. The summed E-state index contributed by atoms with van der Waals surface area (Å²) in [6.07, 6.45) is 7.02. The molecular weight excluding hydrogens is 416 g/mol. The third kappa shape index (κ3) is 4.20. The smallest absolute Gasteiger partial charge is 0.210 e. The lowest BCUT2D eigenvalue weighted by Gasteiger charge is -2.23. The van der Waals surface area contributed by atoms with Gasteiger partial charge < -0.3 is 4.90 Å². The molecule has 0 saturated heterocycles. The highest BCUT2D eigenvalue weighted by Gasteiger charge is 2.17. The second kappa shape index (κ2) is 8.97. The van der Waals surface area contributed by atoms with Crippen LogP contribution < -0.4 is 4.90 Å². The van der Waals surface area contributed by atoms with Gasteiger partial charge in [-0.05, 0) is 12.5 Å². The molecule has 3 aromatic heterocycles. The van der Waals surface area contributed by atoms with Crippen LogP contribution in [-0.4, -0.2) is 54.7 Å². The van der Waals surface area contributed by atoms with Gasteiger partial charge in [-0.3, -0.25) is 9.78 Å². The summed E-state index contributed by atoms with van der Waals surface area (Å²) >= 11 is 0. The number of aryl methyl sites for hydroxylation is 1. The van der Waals surface area contributed by atoms with Gasteiger partial charge in [-0.25, -0.2) is 14.4 Å². The highest BCUT2D eigenvalue weighted by Crippen LogP contribution is 2.32. The Morgan fingerprint density at radius 3 is 2.75 bits per heavy atom. The van der Waals surface area contributed by atoms with E-state index in [1.54, 1.807) is 36.3 Å². The number of aromatic nitrogens is 6. The minimum atomic E-state index is -0.383. The predicted octanol–water partition coefficient (Wildman–Crippen LogP) is 3.44. The van der Waals surface area contributed by atoms with E-state index in [-0.39, 0.29) is 24.0 Å². The fourth-order valence-electron chi connectivity index (χ4n) is 3.53. The number of nitrogens with one attached hydrogen (secondary N) is 1. The van der Waals surface area contributed by atoms with E-state index in [4.69, 9.17) is 5.26 Å². The number of nitrogens with zero attached hydrogens (tertiary/aromatic N) is 8. The SMILES string of the molecule is CCCN(CCN(F)C#N)c1cc(-c2n[nH]c3cc(F)c(-c4cnn(C)c4)cc23)ncn1. The topological polar surface area (TPSA) is 103 Å². The van der Waals surface area contributed by atoms with Crippen molar-refractivity contribution in [2.45, 2.75) is 13.3 Å². The average molecular weight is 437 g/mol. The fourth-order valence-corrected chi connectivity index (χ4v) is 3.53. The monoisotopic (exact) mass is 437 g/mol. The van der Waals surface area contributed by atoms with Crippen molar-refractivity contribution < 1.29 is 8.87 Å². The Kier molecular flexibility index (Phi) is 5.93. The maximum atomic E-state index is 14.7. The minimum Gasteiger partial charge on any atom is -0.355 e. The molecule has 1 aromatic carbocycles. The summed E-state index contributed by atoms with van der Waals surface area (Å²) in [6.45, 7) is 2.84. The number of aromatic amines is 1. The van der Waals surface area contributed by atoms with E-state index in [2.05, 4.69) is 25.3 Å². The van der Waals surface area contributed by atoms with E-state index in [0.717, 1.165) is 6.42 Å². The van der Waals surface area contributed by atoms with Crippen molar-refractivity contribution in [3.63, 3.8) is 0 Å². The maximum absolute atomic E-state index is 14.7. The summed E-state index contributed by atoms with van der Waals surface area (Å²) < 4.78 is 29.6. The molecule has 0 saturated carbocycles. The molecule has 3 heterocycles. The van der Waals surface area contributed by atoms with Crippen LogP contribution in [0, 0.1) is 17.3 Å². The lowest BCUT2D eigenvalue weighted by molar-refractivity contribution is 0.105. The number of hydrogen-bond donors (Lipinski definition) is 1. The number of rotatable bonds is 8.